The number of halogens is 2. The van der Waals surface area contributed by atoms with Crippen molar-refractivity contribution < 1.29 is 28.2 Å². The summed E-state index contributed by atoms with van der Waals surface area (Å²) in [6.45, 7) is 1.21. The van der Waals surface area contributed by atoms with Crippen LogP contribution in [0.5, 0.6) is 11.5 Å². The van der Waals surface area contributed by atoms with E-state index in [4.69, 9.17) is 21.1 Å². The minimum Gasteiger partial charge on any atom is -0.493 e. The van der Waals surface area contributed by atoms with Crippen molar-refractivity contribution in [2.24, 2.45) is 0 Å². The molecule has 0 N–H and O–H groups in total. The highest BCUT2D eigenvalue weighted by molar-refractivity contribution is 8.18. The Bertz CT molecular complexity index is 1040. The third-order valence-electron chi connectivity index (χ3n) is 3.96. The van der Waals surface area contributed by atoms with Crippen molar-refractivity contribution in [3.63, 3.8) is 0 Å². The average molecular weight is 436 g/mol. The summed E-state index contributed by atoms with van der Waals surface area (Å²) in [5, 5.41) is -0.316. The van der Waals surface area contributed by atoms with E-state index in [0.717, 1.165) is 22.7 Å². The predicted molar refractivity (Wildman–Crippen MR) is 107 cm³/mol. The second-order valence-electron chi connectivity index (χ2n) is 6.01. The molecule has 0 saturated carbocycles. The molecule has 0 aliphatic carbocycles. The zero-order chi connectivity index (χ0) is 21.1. The van der Waals surface area contributed by atoms with Gasteiger partial charge in [0.05, 0.1) is 18.6 Å². The molecule has 1 aliphatic heterocycles. The van der Waals surface area contributed by atoms with Crippen LogP contribution in [0.2, 0.25) is 5.02 Å². The number of ether oxygens (including phenoxy) is 2. The van der Waals surface area contributed by atoms with Crippen LogP contribution in [-0.4, -0.2) is 29.1 Å². The van der Waals surface area contributed by atoms with Gasteiger partial charge in [0.1, 0.15) is 5.82 Å². The number of thioether (sulfide) groups is 1. The van der Waals surface area contributed by atoms with E-state index >= 15 is 0 Å². The molecule has 0 bridgehead atoms. The Morgan fingerprint density at radius 2 is 1.97 bits per heavy atom. The van der Waals surface area contributed by atoms with Crippen LogP contribution in [0.4, 0.5) is 9.18 Å². The monoisotopic (exact) mass is 435 g/mol. The molecule has 2 aromatic rings. The molecule has 0 radical (unpaired) electrons. The lowest BCUT2D eigenvalue weighted by atomic mass is 10.1. The molecule has 1 heterocycles. The molecule has 1 saturated heterocycles. The Labute approximate surface area is 175 Å². The van der Waals surface area contributed by atoms with E-state index in [9.17, 15) is 18.8 Å². The van der Waals surface area contributed by atoms with Crippen molar-refractivity contribution in [2.45, 2.75) is 13.5 Å². The second-order valence-corrected chi connectivity index (χ2v) is 7.41. The lowest BCUT2D eigenvalue weighted by Gasteiger charge is -2.13. The maximum absolute atomic E-state index is 13.2. The molecule has 29 heavy (non-hydrogen) atoms. The van der Waals surface area contributed by atoms with Gasteiger partial charge in [-0.15, -0.1) is 0 Å². The molecule has 3 rings (SSSR count). The van der Waals surface area contributed by atoms with Gasteiger partial charge < -0.3 is 9.47 Å². The quantitative estimate of drug-likeness (QED) is 0.386. The minimum atomic E-state index is -0.501. The fourth-order valence-electron chi connectivity index (χ4n) is 2.62. The number of imide groups is 1. The van der Waals surface area contributed by atoms with Gasteiger partial charge in [0.15, 0.2) is 11.5 Å². The zero-order valence-corrected chi connectivity index (χ0v) is 17.0. The van der Waals surface area contributed by atoms with Gasteiger partial charge in [-0.3, -0.25) is 19.3 Å². The van der Waals surface area contributed by atoms with Gasteiger partial charge in [-0.25, -0.2) is 4.39 Å². The molecule has 0 aromatic heterocycles. The van der Waals surface area contributed by atoms with Gasteiger partial charge in [0.2, 0.25) is 0 Å². The number of methoxy groups -OCH3 is 1. The highest BCUT2D eigenvalue weighted by Crippen LogP contribution is 2.36. The summed E-state index contributed by atoms with van der Waals surface area (Å²) in [6, 6.07) is 8.53. The van der Waals surface area contributed by atoms with E-state index in [0.29, 0.717) is 16.9 Å². The van der Waals surface area contributed by atoms with Crippen molar-refractivity contribution >= 4 is 46.6 Å². The van der Waals surface area contributed by atoms with Crippen LogP contribution in [0.15, 0.2) is 41.3 Å². The number of nitrogens with zero attached hydrogens (tertiary/aromatic N) is 1. The summed E-state index contributed by atoms with van der Waals surface area (Å²) >= 11 is 6.78. The van der Waals surface area contributed by atoms with Crippen molar-refractivity contribution in [3.05, 3.63) is 63.3 Å². The van der Waals surface area contributed by atoms with E-state index in [2.05, 4.69) is 0 Å². The molecule has 150 valence electrons. The smallest absolute Gasteiger partial charge is 0.308 e. The Morgan fingerprint density at radius 1 is 1.21 bits per heavy atom. The molecule has 9 heteroatoms. The summed E-state index contributed by atoms with van der Waals surface area (Å²) in [5.74, 6) is -0.915. The van der Waals surface area contributed by atoms with Crippen LogP contribution in [0.3, 0.4) is 0 Å². The second kappa shape index (κ2) is 8.67. The third kappa shape index (κ3) is 4.78. The molecular weight excluding hydrogens is 421 g/mol. The lowest BCUT2D eigenvalue weighted by Crippen LogP contribution is -2.27. The molecule has 1 fully saturated rings. The summed E-state index contributed by atoms with van der Waals surface area (Å²) in [4.78, 5) is 37.4. The maximum Gasteiger partial charge on any atom is 0.308 e. The van der Waals surface area contributed by atoms with Gasteiger partial charge in [-0.1, -0.05) is 23.7 Å². The van der Waals surface area contributed by atoms with Crippen LogP contribution in [0.25, 0.3) is 6.08 Å². The van der Waals surface area contributed by atoms with E-state index in [1.54, 1.807) is 12.1 Å². The highest BCUT2D eigenvalue weighted by Gasteiger charge is 2.35. The molecule has 0 unspecified atom stereocenters. The standard InChI is InChI=1S/C20H15ClFNO5S/c1-11(24)28-16-6-3-12(7-17(16)27-2)8-18-19(25)23(20(26)29-18)10-13-4-5-14(22)9-15(13)21/h3-9H,10H2,1-2H3/b18-8-. The third-order valence-corrected chi connectivity index (χ3v) is 5.22. The minimum absolute atomic E-state index is 0.0597. The van der Waals surface area contributed by atoms with Crippen LogP contribution in [0.1, 0.15) is 18.1 Å². The number of hydrogen-bond acceptors (Lipinski definition) is 6. The zero-order valence-electron chi connectivity index (χ0n) is 15.4. The van der Waals surface area contributed by atoms with Crippen LogP contribution >= 0.6 is 23.4 Å². The Morgan fingerprint density at radius 3 is 2.62 bits per heavy atom. The Balaban J connectivity index is 1.83. The largest absolute Gasteiger partial charge is 0.493 e. The first kappa shape index (κ1) is 20.9. The number of amides is 2. The van der Waals surface area contributed by atoms with Gasteiger partial charge in [0.25, 0.3) is 11.1 Å². The molecule has 2 amide bonds. The Hall–Kier alpha value is -2.84. The number of carbonyl (C=O) groups excluding carboxylic acids is 3. The fourth-order valence-corrected chi connectivity index (χ4v) is 3.69. The van der Waals surface area contributed by atoms with Gasteiger partial charge >= 0.3 is 5.97 Å². The first-order chi connectivity index (χ1) is 13.8. The van der Waals surface area contributed by atoms with Crippen LogP contribution in [0, 0.1) is 5.82 Å². The lowest BCUT2D eigenvalue weighted by molar-refractivity contribution is -0.132. The molecule has 6 nitrogen and oxygen atoms in total. The fraction of sp³-hybridized carbons (Fsp3) is 0.150. The first-order valence-electron chi connectivity index (χ1n) is 8.34. The summed E-state index contributed by atoms with van der Waals surface area (Å²) in [7, 11) is 1.42. The summed E-state index contributed by atoms with van der Waals surface area (Å²) in [5.41, 5.74) is 1.05. The van der Waals surface area contributed by atoms with Crippen molar-refractivity contribution in [1.29, 1.82) is 0 Å². The number of esters is 1. The van der Waals surface area contributed by atoms with Crippen molar-refractivity contribution in [2.75, 3.05) is 7.11 Å². The molecular formula is C20H15ClFNO5S. The molecule has 2 aromatic carbocycles. The molecule has 1 aliphatic rings. The average Bonchev–Trinajstić information content (AvgIpc) is 2.92. The van der Waals surface area contributed by atoms with Crippen LogP contribution < -0.4 is 9.47 Å². The number of carbonyl (C=O) groups is 3. The van der Waals surface area contributed by atoms with E-state index in [1.807, 2.05) is 0 Å². The Kier molecular flexibility index (Phi) is 6.24. The molecule has 0 spiro atoms. The van der Waals surface area contributed by atoms with E-state index in [-0.39, 0.29) is 22.2 Å². The van der Waals surface area contributed by atoms with E-state index < -0.39 is 22.9 Å². The molecule has 0 atom stereocenters. The highest BCUT2D eigenvalue weighted by atomic mass is 35.5. The topological polar surface area (TPSA) is 72.9 Å². The van der Waals surface area contributed by atoms with Crippen LogP contribution in [-0.2, 0) is 16.1 Å². The summed E-state index contributed by atoms with van der Waals surface area (Å²) in [6.07, 6.45) is 1.54. The van der Waals surface area contributed by atoms with E-state index in [1.165, 1.54) is 38.3 Å². The van der Waals surface area contributed by atoms with Crippen molar-refractivity contribution in [3.8, 4) is 11.5 Å². The number of benzene rings is 2. The van der Waals surface area contributed by atoms with Gasteiger partial charge in [0, 0.05) is 11.9 Å². The SMILES string of the molecule is COc1cc(/C=C2\SC(=O)N(Cc3ccc(F)cc3Cl)C2=O)ccc1OC(C)=O. The number of hydrogen-bond donors (Lipinski definition) is 0. The predicted octanol–water partition coefficient (Wildman–Crippen LogP) is 4.65. The number of rotatable bonds is 5. The summed E-state index contributed by atoms with van der Waals surface area (Å²) < 4.78 is 23.4. The van der Waals surface area contributed by atoms with Crippen molar-refractivity contribution in [1.82, 2.24) is 4.90 Å². The maximum atomic E-state index is 13.2. The normalized spacial score (nSPS) is 15.2. The van der Waals surface area contributed by atoms with Gasteiger partial charge in [-0.05, 0) is 53.2 Å². The first-order valence-corrected chi connectivity index (χ1v) is 9.53. The van der Waals surface area contributed by atoms with Gasteiger partial charge in [-0.2, -0.15) is 0 Å².